The number of nitrogens with one attached hydrogen (secondary N) is 1. The van der Waals surface area contributed by atoms with E-state index in [0.29, 0.717) is 41.0 Å². The summed E-state index contributed by atoms with van der Waals surface area (Å²) in [5.74, 6) is 1.52. The average molecular weight is 372 g/mol. The van der Waals surface area contributed by atoms with Gasteiger partial charge in [0.15, 0.2) is 11.5 Å². The Balaban J connectivity index is 1.64. The molecule has 0 aliphatic heterocycles. The first-order valence-corrected chi connectivity index (χ1v) is 8.39. The molecule has 0 atom stereocenters. The fourth-order valence-electron chi connectivity index (χ4n) is 2.35. The summed E-state index contributed by atoms with van der Waals surface area (Å²) in [4.78, 5) is 12.3. The summed E-state index contributed by atoms with van der Waals surface area (Å²) in [6.45, 7) is 0.695. The van der Waals surface area contributed by atoms with E-state index in [4.69, 9.17) is 25.5 Å². The molecule has 1 aromatic heterocycles. The molecule has 0 aliphatic rings. The second-order valence-corrected chi connectivity index (χ2v) is 5.98. The third kappa shape index (κ3) is 4.58. The number of halogens is 1. The monoisotopic (exact) mass is 371 g/mol. The predicted octanol–water partition coefficient (Wildman–Crippen LogP) is 4.45. The SMILES string of the molecule is COc1cc(C(=O)NCc2ccco2)ccc1OCc1ccc(Cl)cc1. The van der Waals surface area contributed by atoms with Crippen molar-refractivity contribution in [3.8, 4) is 11.5 Å². The lowest BCUT2D eigenvalue weighted by atomic mass is 10.2. The number of rotatable bonds is 7. The van der Waals surface area contributed by atoms with Crippen LogP contribution in [0.5, 0.6) is 11.5 Å². The van der Waals surface area contributed by atoms with E-state index in [1.807, 2.05) is 24.3 Å². The van der Waals surface area contributed by atoms with E-state index in [1.165, 1.54) is 7.11 Å². The van der Waals surface area contributed by atoms with Gasteiger partial charge in [-0.05, 0) is 48.0 Å². The van der Waals surface area contributed by atoms with Gasteiger partial charge < -0.3 is 19.2 Å². The van der Waals surface area contributed by atoms with Crippen LogP contribution >= 0.6 is 11.6 Å². The molecule has 3 rings (SSSR count). The number of methoxy groups -OCH3 is 1. The Morgan fingerprint density at radius 2 is 1.92 bits per heavy atom. The van der Waals surface area contributed by atoms with Gasteiger partial charge in [0.2, 0.25) is 0 Å². The Labute approximate surface area is 156 Å². The summed E-state index contributed by atoms with van der Waals surface area (Å²) in [6.07, 6.45) is 1.57. The maximum Gasteiger partial charge on any atom is 0.251 e. The van der Waals surface area contributed by atoms with E-state index < -0.39 is 0 Å². The number of hydrogen-bond acceptors (Lipinski definition) is 4. The van der Waals surface area contributed by atoms with Crippen LogP contribution in [0.1, 0.15) is 21.7 Å². The molecule has 5 nitrogen and oxygen atoms in total. The molecular formula is C20H18ClNO4. The summed E-state index contributed by atoms with van der Waals surface area (Å²) in [7, 11) is 1.54. The molecule has 6 heteroatoms. The van der Waals surface area contributed by atoms with Gasteiger partial charge in [-0.1, -0.05) is 23.7 Å². The van der Waals surface area contributed by atoms with E-state index >= 15 is 0 Å². The summed E-state index contributed by atoms with van der Waals surface area (Å²) < 4.78 is 16.3. The van der Waals surface area contributed by atoms with Crippen molar-refractivity contribution in [2.24, 2.45) is 0 Å². The maximum absolute atomic E-state index is 12.3. The molecule has 0 aliphatic carbocycles. The first kappa shape index (κ1) is 17.9. The van der Waals surface area contributed by atoms with Crippen molar-refractivity contribution < 1.29 is 18.7 Å². The van der Waals surface area contributed by atoms with Crippen molar-refractivity contribution in [2.75, 3.05) is 7.11 Å². The zero-order chi connectivity index (χ0) is 18.4. The lowest BCUT2D eigenvalue weighted by molar-refractivity contribution is 0.0947. The van der Waals surface area contributed by atoms with Crippen molar-refractivity contribution in [3.63, 3.8) is 0 Å². The van der Waals surface area contributed by atoms with E-state index in [1.54, 1.807) is 36.6 Å². The highest BCUT2D eigenvalue weighted by atomic mass is 35.5. The van der Waals surface area contributed by atoms with Crippen molar-refractivity contribution in [2.45, 2.75) is 13.2 Å². The highest BCUT2D eigenvalue weighted by molar-refractivity contribution is 6.30. The zero-order valence-corrected chi connectivity index (χ0v) is 15.0. The second kappa shape index (κ2) is 8.45. The first-order valence-electron chi connectivity index (χ1n) is 8.01. The van der Waals surface area contributed by atoms with Crippen LogP contribution < -0.4 is 14.8 Å². The molecule has 1 amide bonds. The van der Waals surface area contributed by atoms with Crippen LogP contribution in [-0.4, -0.2) is 13.0 Å². The fraction of sp³-hybridized carbons (Fsp3) is 0.150. The highest BCUT2D eigenvalue weighted by Crippen LogP contribution is 2.29. The third-order valence-corrected chi connectivity index (χ3v) is 3.99. The largest absolute Gasteiger partial charge is 0.493 e. The van der Waals surface area contributed by atoms with Crippen LogP contribution in [0.3, 0.4) is 0 Å². The molecule has 0 saturated carbocycles. The van der Waals surface area contributed by atoms with Crippen LogP contribution in [-0.2, 0) is 13.2 Å². The zero-order valence-electron chi connectivity index (χ0n) is 14.2. The van der Waals surface area contributed by atoms with Gasteiger partial charge in [-0.15, -0.1) is 0 Å². The number of benzene rings is 2. The van der Waals surface area contributed by atoms with Gasteiger partial charge in [0.25, 0.3) is 5.91 Å². The molecule has 2 aromatic carbocycles. The number of amides is 1. The van der Waals surface area contributed by atoms with Crippen molar-refractivity contribution in [3.05, 3.63) is 82.8 Å². The number of carbonyl (C=O) groups is 1. The molecule has 0 bridgehead atoms. The number of furan rings is 1. The van der Waals surface area contributed by atoms with E-state index in [0.717, 1.165) is 5.56 Å². The van der Waals surface area contributed by atoms with Crippen LogP contribution in [0, 0.1) is 0 Å². The summed E-state index contributed by atoms with van der Waals surface area (Å²) in [5, 5.41) is 3.47. The third-order valence-electron chi connectivity index (χ3n) is 3.74. The number of ether oxygens (including phenoxy) is 2. The normalized spacial score (nSPS) is 10.4. The molecule has 26 heavy (non-hydrogen) atoms. The van der Waals surface area contributed by atoms with E-state index in [-0.39, 0.29) is 5.91 Å². The van der Waals surface area contributed by atoms with Gasteiger partial charge in [-0.2, -0.15) is 0 Å². The predicted molar refractivity (Wildman–Crippen MR) is 98.7 cm³/mol. The molecule has 0 fully saturated rings. The molecule has 0 radical (unpaired) electrons. The molecule has 134 valence electrons. The second-order valence-electron chi connectivity index (χ2n) is 5.54. The molecular weight excluding hydrogens is 354 g/mol. The van der Waals surface area contributed by atoms with Crippen LogP contribution in [0.15, 0.2) is 65.3 Å². The highest BCUT2D eigenvalue weighted by Gasteiger charge is 2.12. The smallest absolute Gasteiger partial charge is 0.251 e. The topological polar surface area (TPSA) is 60.7 Å². The first-order chi connectivity index (χ1) is 12.7. The van der Waals surface area contributed by atoms with Crippen molar-refractivity contribution in [1.29, 1.82) is 0 Å². The molecule has 0 spiro atoms. The molecule has 0 saturated heterocycles. The van der Waals surface area contributed by atoms with Gasteiger partial charge in [0.05, 0.1) is 19.9 Å². The van der Waals surface area contributed by atoms with Gasteiger partial charge in [-0.25, -0.2) is 0 Å². The van der Waals surface area contributed by atoms with Gasteiger partial charge in [0.1, 0.15) is 12.4 Å². The fourth-order valence-corrected chi connectivity index (χ4v) is 2.48. The number of carbonyl (C=O) groups excluding carboxylic acids is 1. The Hall–Kier alpha value is -2.92. The summed E-state index contributed by atoms with van der Waals surface area (Å²) in [5.41, 5.74) is 1.46. The Bertz CT molecular complexity index is 860. The van der Waals surface area contributed by atoms with Crippen molar-refractivity contribution in [1.82, 2.24) is 5.32 Å². The Morgan fingerprint density at radius 1 is 1.12 bits per heavy atom. The maximum atomic E-state index is 12.3. The lowest BCUT2D eigenvalue weighted by Crippen LogP contribution is -2.22. The summed E-state index contributed by atoms with van der Waals surface area (Å²) >= 11 is 5.88. The minimum atomic E-state index is -0.219. The van der Waals surface area contributed by atoms with E-state index in [2.05, 4.69) is 5.32 Å². The standard InChI is InChI=1S/C20H18ClNO4/c1-24-19-11-15(20(23)22-12-17-3-2-10-25-17)6-9-18(19)26-13-14-4-7-16(21)8-5-14/h2-11H,12-13H2,1H3,(H,22,23). The van der Waals surface area contributed by atoms with Gasteiger partial charge in [0, 0.05) is 10.6 Å². The lowest BCUT2D eigenvalue weighted by Gasteiger charge is -2.12. The molecule has 1 heterocycles. The van der Waals surface area contributed by atoms with Gasteiger partial charge >= 0.3 is 0 Å². The van der Waals surface area contributed by atoms with E-state index in [9.17, 15) is 4.79 Å². The number of hydrogen-bond donors (Lipinski definition) is 1. The van der Waals surface area contributed by atoms with Crippen LogP contribution in [0.2, 0.25) is 5.02 Å². The van der Waals surface area contributed by atoms with Gasteiger partial charge in [-0.3, -0.25) is 4.79 Å². The Kier molecular flexibility index (Phi) is 5.81. The molecule has 1 N–H and O–H groups in total. The molecule has 0 unspecified atom stereocenters. The minimum absolute atomic E-state index is 0.219. The minimum Gasteiger partial charge on any atom is -0.493 e. The Morgan fingerprint density at radius 3 is 2.62 bits per heavy atom. The average Bonchev–Trinajstić information content (AvgIpc) is 3.19. The quantitative estimate of drug-likeness (QED) is 0.666. The van der Waals surface area contributed by atoms with Crippen LogP contribution in [0.25, 0.3) is 0 Å². The van der Waals surface area contributed by atoms with Crippen molar-refractivity contribution >= 4 is 17.5 Å². The van der Waals surface area contributed by atoms with Crippen LogP contribution in [0.4, 0.5) is 0 Å². The summed E-state index contributed by atoms with van der Waals surface area (Å²) in [6, 6.07) is 16.0. The molecule has 3 aromatic rings.